The van der Waals surface area contributed by atoms with Gasteiger partial charge in [-0.05, 0) is 31.5 Å². The molecule has 0 bridgehead atoms. The molecule has 0 fully saturated rings. The fraction of sp³-hybridized carbons (Fsp3) is 0.571. The predicted molar refractivity (Wildman–Crippen MR) is 73.8 cm³/mol. The van der Waals surface area contributed by atoms with E-state index in [4.69, 9.17) is 4.74 Å². The van der Waals surface area contributed by atoms with Gasteiger partial charge < -0.3 is 15.0 Å². The molecule has 3 nitrogen and oxygen atoms in total. The number of anilines is 1. The summed E-state index contributed by atoms with van der Waals surface area (Å²) in [5, 5.41) is 3.43. The SMILES string of the molecule is COCC(C)NCCN(C)c1cccc(C)c1. The standard InChI is InChI=1S/C14H24N2O/c1-12-6-5-7-14(10-12)16(3)9-8-15-13(2)11-17-4/h5-7,10,13,15H,8-9,11H2,1-4H3. The molecule has 96 valence electrons. The summed E-state index contributed by atoms with van der Waals surface area (Å²) in [5.74, 6) is 0. The van der Waals surface area contributed by atoms with E-state index in [0.29, 0.717) is 6.04 Å². The van der Waals surface area contributed by atoms with Gasteiger partial charge in [0.05, 0.1) is 6.61 Å². The van der Waals surface area contributed by atoms with Crippen LogP contribution in [0.1, 0.15) is 12.5 Å². The van der Waals surface area contributed by atoms with Gasteiger partial charge in [0.1, 0.15) is 0 Å². The van der Waals surface area contributed by atoms with Crippen LogP contribution in [0.25, 0.3) is 0 Å². The second-order valence-electron chi connectivity index (χ2n) is 4.57. The van der Waals surface area contributed by atoms with Crippen molar-refractivity contribution in [1.29, 1.82) is 0 Å². The largest absolute Gasteiger partial charge is 0.383 e. The van der Waals surface area contributed by atoms with Crippen LogP contribution < -0.4 is 10.2 Å². The highest BCUT2D eigenvalue weighted by Gasteiger charge is 2.02. The first-order chi connectivity index (χ1) is 8.13. The lowest BCUT2D eigenvalue weighted by molar-refractivity contribution is 0.173. The lowest BCUT2D eigenvalue weighted by Gasteiger charge is -2.21. The molecule has 0 saturated heterocycles. The van der Waals surface area contributed by atoms with Crippen LogP contribution in [-0.2, 0) is 4.74 Å². The Balaban J connectivity index is 2.32. The Morgan fingerprint density at radius 2 is 2.18 bits per heavy atom. The molecule has 1 atom stereocenters. The molecule has 1 aromatic rings. The number of nitrogens with one attached hydrogen (secondary N) is 1. The highest BCUT2D eigenvalue weighted by atomic mass is 16.5. The summed E-state index contributed by atoms with van der Waals surface area (Å²) in [6.07, 6.45) is 0. The van der Waals surface area contributed by atoms with Crippen molar-refractivity contribution in [2.75, 3.05) is 38.8 Å². The number of methoxy groups -OCH3 is 1. The summed E-state index contributed by atoms with van der Waals surface area (Å²) in [5.41, 5.74) is 2.57. The van der Waals surface area contributed by atoms with E-state index in [-0.39, 0.29) is 0 Å². The molecule has 1 N–H and O–H groups in total. The monoisotopic (exact) mass is 236 g/mol. The maximum Gasteiger partial charge on any atom is 0.0613 e. The molecule has 0 amide bonds. The second-order valence-corrected chi connectivity index (χ2v) is 4.57. The number of likely N-dealkylation sites (N-methyl/N-ethyl adjacent to an activating group) is 1. The van der Waals surface area contributed by atoms with E-state index >= 15 is 0 Å². The molecule has 1 rings (SSSR count). The minimum atomic E-state index is 0.408. The Labute approximate surface area is 105 Å². The summed E-state index contributed by atoms with van der Waals surface area (Å²) < 4.78 is 5.09. The fourth-order valence-electron chi connectivity index (χ4n) is 1.78. The summed E-state index contributed by atoms with van der Waals surface area (Å²) in [6.45, 7) is 6.98. The highest BCUT2D eigenvalue weighted by Crippen LogP contribution is 2.13. The lowest BCUT2D eigenvalue weighted by Crippen LogP contribution is -2.36. The minimum absolute atomic E-state index is 0.408. The third-order valence-electron chi connectivity index (χ3n) is 2.80. The molecule has 1 unspecified atom stereocenters. The molecule has 0 aliphatic heterocycles. The summed E-state index contributed by atoms with van der Waals surface area (Å²) in [7, 11) is 3.86. The van der Waals surface area contributed by atoms with Crippen molar-refractivity contribution in [1.82, 2.24) is 5.32 Å². The summed E-state index contributed by atoms with van der Waals surface area (Å²) >= 11 is 0. The maximum absolute atomic E-state index is 5.09. The van der Waals surface area contributed by atoms with Crippen LogP contribution in [0, 0.1) is 6.92 Å². The maximum atomic E-state index is 5.09. The average molecular weight is 236 g/mol. The van der Waals surface area contributed by atoms with E-state index in [9.17, 15) is 0 Å². The number of rotatable bonds is 7. The van der Waals surface area contributed by atoms with E-state index in [1.54, 1.807) is 7.11 Å². The first-order valence-corrected chi connectivity index (χ1v) is 6.13. The third-order valence-corrected chi connectivity index (χ3v) is 2.80. The number of aryl methyl sites for hydroxylation is 1. The van der Waals surface area contributed by atoms with Gasteiger partial charge in [-0.25, -0.2) is 0 Å². The van der Waals surface area contributed by atoms with Crippen molar-refractivity contribution < 1.29 is 4.74 Å². The van der Waals surface area contributed by atoms with Crippen LogP contribution >= 0.6 is 0 Å². The first kappa shape index (κ1) is 14.0. The van der Waals surface area contributed by atoms with Gasteiger partial charge in [0.2, 0.25) is 0 Å². The van der Waals surface area contributed by atoms with Crippen molar-refractivity contribution >= 4 is 5.69 Å². The van der Waals surface area contributed by atoms with Crippen LogP contribution in [-0.4, -0.2) is 39.9 Å². The van der Waals surface area contributed by atoms with Gasteiger partial charge in [0.25, 0.3) is 0 Å². The first-order valence-electron chi connectivity index (χ1n) is 6.13. The second kappa shape index (κ2) is 7.30. The number of hydrogen-bond donors (Lipinski definition) is 1. The Kier molecular flexibility index (Phi) is 6.01. The normalized spacial score (nSPS) is 12.5. The molecule has 0 radical (unpaired) electrons. The molecule has 0 heterocycles. The Hall–Kier alpha value is -1.06. The zero-order valence-electron chi connectivity index (χ0n) is 11.4. The molecule has 0 aromatic heterocycles. The molecular weight excluding hydrogens is 212 g/mol. The molecule has 0 aliphatic rings. The van der Waals surface area contributed by atoms with E-state index in [0.717, 1.165) is 19.7 Å². The number of hydrogen-bond acceptors (Lipinski definition) is 3. The molecule has 0 saturated carbocycles. The molecular formula is C14H24N2O. The summed E-state index contributed by atoms with van der Waals surface area (Å²) in [6, 6.07) is 8.98. The van der Waals surface area contributed by atoms with E-state index in [1.165, 1.54) is 11.3 Å². The van der Waals surface area contributed by atoms with E-state index in [1.807, 2.05) is 0 Å². The van der Waals surface area contributed by atoms with Crippen LogP contribution in [0.5, 0.6) is 0 Å². The van der Waals surface area contributed by atoms with Crippen molar-refractivity contribution in [3.8, 4) is 0 Å². The average Bonchev–Trinajstić information content (AvgIpc) is 2.29. The van der Waals surface area contributed by atoms with E-state index < -0.39 is 0 Å². The molecule has 0 aliphatic carbocycles. The minimum Gasteiger partial charge on any atom is -0.383 e. The molecule has 3 heteroatoms. The van der Waals surface area contributed by atoms with Crippen molar-refractivity contribution in [2.24, 2.45) is 0 Å². The van der Waals surface area contributed by atoms with Gasteiger partial charge in [-0.15, -0.1) is 0 Å². The number of benzene rings is 1. The number of ether oxygens (including phenoxy) is 1. The quantitative estimate of drug-likeness (QED) is 0.784. The smallest absolute Gasteiger partial charge is 0.0613 e. The van der Waals surface area contributed by atoms with Crippen LogP contribution in [0.15, 0.2) is 24.3 Å². The molecule has 1 aromatic carbocycles. The van der Waals surface area contributed by atoms with Gasteiger partial charge in [0, 0.05) is 39.0 Å². The number of nitrogens with zero attached hydrogens (tertiary/aromatic N) is 1. The van der Waals surface area contributed by atoms with E-state index in [2.05, 4.69) is 55.4 Å². The van der Waals surface area contributed by atoms with Crippen LogP contribution in [0.3, 0.4) is 0 Å². The third kappa shape index (κ3) is 5.20. The highest BCUT2D eigenvalue weighted by molar-refractivity contribution is 5.47. The van der Waals surface area contributed by atoms with Crippen LogP contribution in [0.4, 0.5) is 5.69 Å². The van der Waals surface area contributed by atoms with Gasteiger partial charge in [0.15, 0.2) is 0 Å². The Morgan fingerprint density at radius 3 is 2.82 bits per heavy atom. The lowest BCUT2D eigenvalue weighted by atomic mass is 10.2. The van der Waals surface area contributed by atoms with Gasteiger partial charge in [-0.1, -0.05) is 12.1 Å². The summed E-state index contributed by atoms with van der Waals surface area (Å²) in [4.78, 5) is 2.26. The Bertz CT molecular complexity index is 328. The topological polar surface area (TPSA) is 24.5 Å². The van der Waals surface area contributed by atoms with Gasteiger partial charge in [-0.2, -0.15) is 0 Å². The zero-order chi connectivity index (χ0) is 12.7. The fourth-order valence-corrected chi connectivity index (χ4v) is 1.78. The zero-order valence-corrected chi connectivity index (χ0v) is 11.4. The van der Waals surface area contributed by atoms with Gasteiger partial charge in [-0.3, -0.25) is 0 Å². The van der Waals surface area contributed by atoms with Crippen LogP contribution in [0.2, 0.25) is 0 Å². The molecule has 0 spiro atoms. The molecule has 17 heavy (non-hydrogen) atoms. The van der Waals surface area contributed by atoms with Gasteiger partial charge >= 0.3 is 0 Å². The van der Waals surface area contributed by atoms with Crippen molar-refractivity contribution in [3.63, 3.8) is 0 Å². The predicted octanol–water partition coefficient (Wildman–Crippen LogP) is 2.06. The van der Waals surface area contributed by atoms with Crippen molar-refractivity contribution in [2.45, 2.75) is 19.9 Å². The van der Waals surface area contributed by atoms with Crippen molar-refractivity contribution in [3.05, 3.63) is 29.8 Å². The Morgan fingerprint density at radius 1 is 1.41 bits per heavy atom.